The summed E-state index contributed by atoms with van der Waals surface area (Å²) in [5.41, 5.74) is 0.949. The Labute approximate surface area is 139 Å². The molecule has 122 valence electrons. The number of nitrogens with one attached hydrogen (secondary N) is 1. The Hall–Kier alpha value is -2.12. The number of carbonyl (C=O) groups excluding carboxylic acids is 1. The Morgan fingerprint density at radius 3 is 2.61 bits per heavy atom. The van der Waals surface area contributed by atoms with Crippen LogP contribution in [0.3, 0.4) is 0 Å². The van der Waals surface area contributed by atoms with Crippen molar-refractivity contribution in [3.8, 4) is 5.75 Å². The molecular formula is C15H15ClN2O4S. The number of benzene rings is 1. The van der Waals surface area contributed by atoms with Gasteiger partial charge in [-0.1, -0.05) is 11.6 Å². The van der Waals surface area contributed by atoms with Crippen LogP contribution >= 0.6 is 11.6 Å². The van der Waals surface area contributed by atoms with Crippen LogP contribution in [0.5, 0.6) is 5.75 Å². The van der Waals surface area contributed by atoms with Gasteiger partial charge in [-0.05, 0) is 49.7 Å². The maximum atomic E-state index is 12.1. The number of sulfonamides is 1. The van der Waals surface area contributed by atoms with Crippen molar-refractivity contribution in [3.05, 3.63) is 52.7 Å². The zero-order valence-corrected chi connectivity index (χ0v) is 14.1. The normalized spacial score (nSPS) is 11.1. The molecule has 0 radical (unpaired) electrons. The lowest BCUT2D eigenvalue weighted by Gasteiger charge is -2.10. The number of nitrogens with zero attached hydrogens (tertiary/aromatic N) is 1. The first-order chi connectivity index (χ1) is 10.8. The Morgan fingerprint density at radius 1 is 1.30 bits per heavy atom. The maximum absolute atomic E-state index is 12.1. The summed E-state index contributed by atoms with van der Waals surface area (Å²) >= 11 is 5.66. The highest BCUT2D eigenvalue weighted by Crippen LogP contribution is 2.19. The summed E-state index contributed by atoms with van der Waals surface area (Å²) in [6.07, 6.45) is 1.20. The SMILES string of the molecule is CCOc1ccc(C(=O)NS(=O)(=O)c2ccc(Cl)cn2)cc1C. The van der Waals surface area contributed by atoms with Gasteiger partial charge in [-0.25, -0.2) is 9.71 Å². The van der Waals surface area contributed by atoms with E-state index in [0.29, 0.717) is 17.4 Å². The van der Waals surface area contributed by atoms with Crippen molar-refractivity contribution in [2.24, 2.45) is 0 Å². The zero-order chi connectivity index (χ0) is 17.0. The average Bonchev–Trinajstić information content (AvgIpc) is 2.49. The largest absolute Gasteiger partial charge is 0.494 e. The first kappa shape index (κ1) is 17.2. The number of hydrogen-bond donors (Lipinski definition) is 1. The molecule has 0 saturated heterocycles. The van der Waals surface area contributed by atoms with Crippen LogP contribution in [-0.2, 0) is 10.0 Å². The second kappa shape index (κ2) is 6.97. The first-order valence-electron chi connectivity index (χ1n) is 6.75. The molecule has 0 atom stereocenters. The zero-order valence-electron chi connectivity index (χ0n) is 12.5. The number of pyridine rings is 1. The molecular weight excluding hydrogens is 340 g/mol. The number of rotatable bonds is 5. The fraction of sp³-hybridized carbons (Fsp3) is 0.200. The van der Waals surface area contributed by atoms with Gasteiger partial charge in [0, 0.05) is 11.8 Å². The molecule has 6 nitrogen and oxygen atoms in total. The minimum Gasteiger partial charge on any atom is -0.494 e. The van der Waals surface area contributed by atoms with E-state index in [1.807, 2.05) is 11.6 Å². The van der Waals surface area contributed by atoms with Gasteiger partial charge in [0.2, 0.25) is 0 Å². The molecule has 0 unspecified atom stereocenters. The van der Waals surface area contributed by atoms with Crippen LogP contribution in [0, 0.1) is 6.92 Å². The summed E-state index contributed by atoms with van der Waals surface area (Å²) in [6, 6.07) is 7.29. The quantitative estimate of drug-likeness (QED) is 0.891. The molecule has 2 rings (SSSR count). The third-order valence-corrected chi connectivity index (χ3v) is 4.41. The van der Waals surface area contributed by atoms with Crippen LogP contribution in [0.15, 0.2) is 41.6 Å². The highest BCUT2D eigenvalue weighted by atomic mass is 35.5. The average molecular weight is 355 g/mol. The Morgan fingerprint density at radius 2 is 2.04 bits per heavy atom. The van der Waals surface area contributed by atoms with Crippen LogP contribution in [0.4, 0.5) is 0 Å². The van der Waals surface area contributed by atoms with Gasteiger partial charge in [-0.2, -0.15) is 8.42 Å². The third kappa shape index (κ3) is 4.20. The van der Waals surface area contributed by atoms with Crippen molar-refractivity contribution in [2.75, 3.05) is 6.61 Å². The van der Waals surface area contributed by atoms with Crippen molar-refractivity contribution in [1.82, 2.24) is 9.71 Å². The summed E-state index contributed by atoms with van der Waals surface area (Å²) in [6.45, 7) is 4.13. The van der Waals surface area contributed by atoms with E-state index in [4.69, 9.17) is 16.3 Å². The summed E-state index contributed by atoms with van der Waals surface area (Å²) in [5, 5.41) is 0.0234. The van der Waals surface area contributed by atoms with Crippen LogP contribution in [-0.4, -0.2) is 25.9 Å². The molecule has 8 heteroatoms. The lowest BCUT2D eigenvalue weighted by Crippen LogP contribution is -2.31. The van der Waals surface area contributed by atoms with E-state index in [0.717, 1.165) is 5.56 Å². The maximum Gasteiger partial charge on any atom is 0.281 e. The molecule has 1 amide bonds. The number of ether oxygens (including phenoxy) is 1. The number of aryl methyl sites for hydroxylation is 1. The third-order valence-electron chi connectivity index (χ3n) is 2.94. The Balaban J connectivity index is 2.21. The second-order valence-electron chi connectivity index (χ2n) is 4.66. The monoisotopic (exact) mass is 354 g/mol. The molecule has 0 bridgehead atoms. The van der Waals surface area contributed by atoms with Crippen molar-refractivity contribution < 1.29 is 17.9 Å². The van der Waals surface area contributed by atoms with E-state index < -0.39 is 15.9 Å². The smallest absolute Gasteiger partial charge is 0.281 e. The van der Waals surface area contributed by atoms with Crippen LogP contribution in [0.2, 0.25) is 5.02 Å². The molecule has 0 fully saturated rings. The van der Waals surface area contributed by atoms with Crippen molar-refractivity contribution in [2.45, 2.75) is 18.9 Å². The molecule has 1 heterocycles. The van der Waals surface area contributed by atoms with Gasteiger partial charge in [-0.15, -0.1) is 0 Å². The molecule has 2 aromatic rings. The molecule has 1 N–H and O–H groups in total. The lowest BCUT2D eigenvalue weighted by atomic mass is 10.1. The van der Waals surface area contributed by atoms with Gasteiger partial charge in [0.15, 0.2) is 5.03 Å². The molecule has 0 aliphatic heterocycles. The van der Waals surface area contributed by atoms with E-state index in [2.05, 4.69) is 4.98 Å². The molecule has 23 heavy (non-hydrogen) atoms. The number of halogens is 1. The van der Waals surface area contributed by atoms with E-state index in [1.54, 1.807) is 19.1 Å². The van der Waals surface area contributed by atoms with E-state index in [1.165, 1.54) is 24.4 Å². The highest BCUT2D eigenvalue weighted by molar-refractivity contribution is 7.90. The number of amides is 1. The molecule has 0 aliphatic rings. The van der Waals surface area contributed by atoms with Gasteiger partial charge in [0.25, 0.3) is 15.9 Å². The van der Waals surface area contributed by atoms with Crippen LogP contribution in [0.1, 0.15) is 22.8 Å². The number of aromatic nitrogens is 1. The Bertz CT molecular complexity index is 820. The van der Waals surface area contributed by atoms with Crippen molar-refractivity contribution in [3.63, 3.8) is 0 Å². The van der Waals surface area contributed by atoms with Gasteiger partial charge in [0.05, 0.1) is 11.6 Å². The summed E-state index contributed by atoms with van der Waals surface area (Å²) in [4.78, 5) is 15.8. The number of carbonyl (C=O) groups is 1. The van der Waals surface area contributed by atoms with Crippen molar-refractivity contribution >= 4 is 27.5 Å². The summed E-state index contributed by atoms with van der Waals surface area (Å²) in [7, 11) is -4.06. The summed E-state index contributed by atoms with van der Waals surface area (Å²) < 4.78 is 31.6. The first-order valence-corrected chi connectivity index (χ1v) is 8.61. The summed E-state index contributed by atoms with van der Waals surface area (Å²) in [5.74, 6) is -0.0980. The van der Waals surface area contributed by atoms with Gasteiger partial charge in [0.1, 0.15) is 5.75 Å². The van der Waals surface area contributed by atoms with E-state index >= 15 is 0 Å². The van der Waals surface area contributed by atoms with Gasteiger partial charge >= 0.3 is 0 Å². The predicted molar refractivity (Wildman–Crippen MR) is 86.2 cm³/mol. The molecule has 1 aromatic heterocycles. The van der Waals surface area contributed by atoms with Crippen LogP contribution in [0.25, 0.3) is 0 Å². The predicted octanol–water partition coefficient (Wildman–Crippen LogP) is 2.56. The molecule has 0 spiro atoms. The van der Waals surface area contributed by atoms with Crippen LogP contribution < -0.4 is 9.46 Å². The molecule has 1 aromatic carbocycles. The van der Waals surface area contributed by atoms with E-state index in [9.17, 15) is 13.2 Å². The number of hydrogen-bond acceptors (Lipinski definition) is 5. The lowest BCUT2D eigenvalue weighted by molar-refractivity contribution is 0.0981. The second-order valence-corrected chi connectivity index (χ2v) is 6.73. The molecule has 0 saturated carbocycles. The fourth-order valence-electron chi connectivity index (χ4n) is 1.86. The van der Waals surface area contributed by atoms with Crippen molar-refractivity contribution in [1.29, 1.82) is 0 Å². The standard InChI is InChI=1S/C15H15ClN2O4S/c1-3-22-13-6-4-11(8-10(13)2)15(19)18-23(20,21)14-7-5-12(16)9-17-14/h4-9H,3H2,1-2H3,(H,18,19). The van der Waals surface area contributed by atoms with Gasteiger partial charge < -0.3 is 4.74 Å². The Kier molecular flexibility index (Phi) is 5.23. The minimum absolute atomic E-state index is 0.212. The van der Waals surface area contributed by atoms with Gasteiger partial charge in [-0.3, -0.25) is 4.79 Å². The topological polar surface area (TPSA) is 85.4 Å². The van der Waals surface area contributed by atoms with E-state index in [-0.39, 0.29) is 10.6 Å². The molecule has 0 aliphatic carbocycles. The highest BCUT2D eigenvalue weighted by Gasteiger charge is 2.20. The minimum atomic E-state index is -4.06. The fourth-order valence-corrected chi connectivity index (χ4v) is 2.88.